The van der Waals surface area contributed by atoms with E-state index < -0.39 is 11.6 Å². The van der Waals surface area contributed by atoms with Crippen LogP contribution in [0, 0.1) is 0 Å². The lowest BCUT2D eigenvalue weighted by molar-refractivity contribution is 0.0812. The number of aromatic amines is 1. The molecule has 1 N–H and O–H groups in total. The molecule has 4 heteroatoms. The van der Waals surface area contributed by atoms with Crippen LogP contribution < -0.4 is 0 Å². The van der Waals surface area contributed by atoms with Crippen molar-refractivity contribution in [3.63, 3.8) is 0 Å². The Hall–Kier alpha value is -2.23. The van der Waals surface area contributed by atoms with Crippen LogP contribution >= 0.6 is 0 Å². The summed E-state index contributed by atoms with van der Waals surface area (Å²) in [7, 11) is 0. The lowest BCUT2D eigenvalue weighted by Crippen LogP contribution is -2.21. The standard InChI is InChI=1S/C13H10N2O2.C3H8.C2H6/c1-2-9-14-10-7-5-3-4-6-8(7)12(16)13(17)11(10)15-9;1-3-2;1-2/h3-6H,2H2,1H3,(H,14,15);3H2,1-2H3;1-2H3. The summed E-state index contributed by atoms with van der Waals surface area (Å²) in [6.07, 6.45) is 1.95. The van der Waals surface area contributed by atoms with E-state index in [0.29, 0.717) is 23.4 Å². The Morgan fingerprint density at radius 3 is 2.05 bits per heavy atom. The van der Waals surface area contributed by atoms with Gasteiger partial charge < -0.3 is 4.98 Å². The molecule has 4 nitrogen and oxygen atoms in total. The van der Waals surface area contributed by atoms with E-state index in [1.807, 2.05) is 32.9 Å². The third-order valence-corrected chi connectivity index (χ3v) is 2.95. The highest BCUT2D eigenvalue weighted by Crippen LogP contribution is 2.31. The van der Waals surface area contributed by atoms with Crippen LogP contribution in [-0.4, -0.2) is 21.5 Å². The summed E-state index contributed by atoms with van der Waals surface area (Å²) >= 11 is 0. The molecule has 0 aliphatic heterocycles. The van der Waals surface area contributed by atoms with Crippen LogP contribution in [0.5, 0.6) is 0 Å². The molecule has 1 aliphatic carbocycles. The smallest absolute Gasteiger partial charge is 0.251 e. The average molecular weight is 300 g/mol. The van der Waals surface area contributed by atoms with Crippen LogP contribution in [0.1, 0.15) is 67.7 Å². The van der Waals surface area contributed by atoms with Gasteiger partial charge in [0.1, 0.15) is 17.2 Å². The Morgan fingerprint density at radius 2 is 1.50 bits per heavy atom. The highest BCUT2D eigenvalue weighted by Gasteiger charge is 2.32. The average Bonchev–Trinajstić information content (AvgIpc) is 3.00. The predicted molar refractivity (Wildman–Crippen MR) is 89.4 cm³/mol. The molecule has 22 heavy (non-hydrogen) atoms. The fraction of sp³-hybridized carbons (Fsp3) is 0.389. The number of nitrogens with zero attached hydrogens (tertiary/aromatic N) is 1. The number of benzene rings is 1. The van der Waals surface area contributed by atoms with Gasteiger partial charge in [-0.05, 0) is 0 Å². The number of carbonyl (C=O) groups is 2. The fourth-order valence-corrected chi connectivity index (χ4v) is 2.07. The molecule has 0 amide bonds. The molecule has 1 heterocycles. The zero-order valence-electron chi connectivity index (χ0n) is 14.0. The molecule has 3 rings (SSSR count). The molecule has 0 radical (unpaired) electrons. The van der Waals surface area contributed by atoms with Crippen molar-refractivity contribution in [3.05, 3.63) is 41.3 Å². The van der Waals surface area contributed by atoms with Crippen LogP contribution in [0.2, 0.25) is 0 Å². The summed E-state index contributed by atoms with van der Waals surface area (Å²) in [5.74, 6) is -0.224. The number of aryl methyl sites for hydroxylation is 1. The van der Waals surface area contributed by atoms with Crippen LogP contribution in [0.25, 0.3) is 11.3 Å². The molecule has 0 fully saturated rings. The zero-order chi connectivity index (χ0) is 16.7. The van der Waals surface area contributed by atoms with Crippen molar-refractivity contribution in [1.82, 2.24) is 9.97 Å². The number of carbonyl (C=O) groups excluding carboxylic acids is 2. The minimum Gasteiger partial charge on any atom is -0.339 e. The van der Waals surface area contributed by atoms with Gasteiger partial charge in [0, 0.05) is 17.5 Å². The maximum atomic E-state index is 11.9. The molecule has 1 aliphatic rings. The molecule has 1 aromatic heterocycles. The van der Waals surface area contributed by atoms with Crippen molar-refractivity contribution in [2.75, 3.05) is 0 Å². The molecule has 0 atom stereocenters. The lowest BCUT2D eigenvalue weighted by Gasteiger charge is -2.11. The largest absolute Gasteiger partial charge is 0.339 e. The van der Waals surface area contributed by atoms with Gasteiger partial charge in [0.15, 0.2) is 0 Å². The van der Waals surface area contributed by atoms with Gasteiger partial charge in [0.25, 0.3) is 5.78 Å². The fourth-order valence-electron chi connectivity index (χ4n) is 2.07. The molecule has 1 aromatic carbocycles. The van der Waals surface area contributed by atoms with Crippen molar-refractivity contribution in [2.24, 2.45) is 0 Å². The SMILES string of the molecule is CC.CCC.CCc1nc2c([nH]1)C(=O)C(=O)c1ccccc1-2. The number of imidazole rings is 1. The van der Waals surface area contributed by atoms with E-state index in [9.17, 15) is 9.59 Å². The monoisotopic (exact) mass is 300 g/mol. The van der Waals surface area contributed by atoms with Crippen molar-refractivity contribution < 1.29 is 9.59 Å². The number of hydrogen-bond donors (Lipinski definition) is 1. The second-order valence-electron chi connectivity index (χ2n) is 4.67. The molecule has 0 bridgehead atoms. The van der Waals surface area contributed by atoms with Crippen molar-refractivity contribution in [3.8, 4) is 11.3 Å². The maximum absolute atomic E-state index is 11.9. The second kappa shape index (κ2) is 8.27. The first-order valence-electron chi connectivity index (χ1n) is 7.91. The summed E-state index contributed by atoms with van der Waals surface area (Å²) < 4.78 is 0. The van der Waals surface area contributed by atoms with E-state index in [-0.39, 0.29) is 0 Å². The first-order chi connectivity index (χ1) is 10.6. The second-order valence-corrected chi connectivity index (χ2v) is 4.67. The van der Waals surface area contributed by atoms with Crippen LogP contribution in [0.15, 0.2) is 24.3 Å². The van der Waals surface area contributed by atoms with Gasteiger partial charge >= 0.3 is 0 Å². The number of ketones is 2. The molecule has 2 aromatic rings. The van der Waals surface area contributed by atoms with Crippen molar-refractivity contribution in [2.45, 2.75) is 47.5 Å². The highest BCUT2D eigenvalue weighted by atomic mass is 16.2. The normalized spacial score (nSPS) is 11.5. The highest BCUT2D eigenvalue weighted by molar-refractivity contribution is 6.52. The van der Waals surface area contributed by atoms with Crippen molar-refractivity contribution >= 4 is 11.6 Å². The van der Waals surface area contributed by atoms with E-state index in [1.54, 1.807) is 12.1 Å². The van der Waals surface area contributed by atoms with Gasteiger partial charge in [-0.25, -0.2) is 4.98 Å². The van der Waals surface area contributed by atoms with Gasteiger partial charge in [0.2, 0.25) is 5.78 Å². The van der Waals surface area contributed by atoms with E-state index in [0.717, 1.165) is 11.4 Å². The van der Waals surface area contributed by atoms with Crippen molar-refractivity contribution in [1.29, 1.82) is 0 Å². The predicted octanol–water partition coefficient (Wildman–Crippen LogP) is 4.46. The maximum Gasteiger partial charge on any atom is 0.251 e. The van der Waals surface area contributed by atoms with Gasteiger partial charge in [-0.15, -0.1) is 0 Å². The lowest BCUT2D eigenvalue weighted by atomic mass is 9.90. The van der Waals surface area contributed by atoms with Crippen LogP contribution in [0.3, 0.4) is 0 Å². The van der Waals surface area contributed by atoms with E-state index in [1.165, 1.54) is 6.42 Å². The Labute approximate surface area is 132 Å². The Balaban J connectivity index is 0.000000435. The van der Waals surface area contributed by atoms with E-state index >= 15 is 0 Å². The number of H-pyrrole nitrogens is 1. The zero-order valence-corrected chi connectivity index (χ0v) is 14.0. The van der Waals surface area contributed by atoms with Gasteiger partial charge in [-0.2, -0.15) is 0 Å². The van der Waals surface area contributed by atoms with E-state index in [2.05, 4.69) is 23.8 Å². The van der Waals surface area contributed by atoms with Gasteiger partial charge in [0.05, 0.1) is 0 Å². The van der Waals surface area contributed by atoms with Gasteiger partial charge in [-0.1, -0.05) is 65.3 Å². The number of rotatable bonds is 1. The summed E-state index contributed by atoms with van der Waals surface area (Å²) in [5, 5.41) is 0. The molecule has 118 valence electrons. The number of hydrogen-bond acceptors (Lipinski definition) is 3. The summed E-state index contributed by atoms with van der Waals surface area (Å²) in [6, 6.07) is 7.08. The number of nitrogens with one attached hydrogen (secondary N) is 1. The summed E-state index contributed by atoms with van der Waals surface area (Å²) in [6.45, 7) is 10.2. The Kier molecular flexibility index (Phi) is 6.70. The molecule has 0 spiro atoms. The molecule has 0 unspecified atom stereocenters. The molecule has 0 saturated carbocycles. The summed E-state index contributed by atoms with van der Waals surface area (Å²) in [4.78, 5) is 31.1. The summed E-state index contributed by atoms with van der Waals surface area (Å²) in [5.41, 5.74) is 2.11. The Morgan fingerprint density at radius 1 is 0.955 bits per heavy atom. The topological polar surface area (TPSA) is 62.8 Å². The number of aromatic nitrogens is 2. The van der Waals surface area contributed by atoms with Crippen LogP contribution in [0.4, 0.5) is 0 Å². The first-order valence-corrected chi connectivity index (χ1v) is 7.91. The number of fused-ring (bicyclic) bond motifs is 3. The minimum absolute atomic E-state index is 0.325. The third-order valence-electron chi connectivity index (χ3n) is 2.95. The minimum atomic E-state index is -0.495. The van der Waals surface area contributed by atoms with E-state index in [4.69, 9.17) is 0 Å². The molecular weight excluding hydrogens is 276 g/mol. The number of Topliss-reactive ketones (excluding diaryl/α,β-unsaturated/α-hetero) is 2. The molecule has 0 saturated heterocycles. The third kappa shape index (κ3) is 3.32. The first kappa shape index (κ1) is 17.8. The van der Waals surface area contributed by atoms with Gasteiger partial charge in [-0.3, -0.25) is 9.59 Å². The van der Waals surface area contributed by atoms with Crippen LogP contribution in [-0.2, 0) is 6.42 Å². The quantitative estimate of drug-likeness (QED) is 0.791. The molecular formula is C18H24N2O2. The Bertz CT molecular complexity index is 657.